The van der Waals surface area contributed by atoms with Gasteiger partial charge in [0.05, 0.1) is 5.69 Å². The van der Waals surface area contributed by atoms with Gasteiger partial charge in [-0.3, -0.25) is 4.79 Å². The highest BCUT2D eigenvalue weighted by Crippen LogP contribution is 2.29. The van der Waals surface area contributed by atoms with E-state index < -0.39 is 0 Å². The molecule has 1 atom stereocenters. The summed E-state index contributed by atoms with van der Waals surface area (Å²) in [6.45, 7) is 3.63. The SMILES string of the molecule is CC(=O)Nc1cc(-c2nc(C(C)Cc3cccc(Cl)c3)cs2)ccn1. The molecule has 1 N–H and O–H groups in total. The van der Waals surface area contributed by atoms with Crippen LogP contribution in [0.2, 0.25) is 5.02 Å². The van der Waals surface area contributed by atoms with E-state index in [2.05, 4.69) is 28.7 Å². The van der Waals surface area contributed by atoms with Crippen LogP contribution in [0.3, 0.4) is 0 Å². The van der Waals surface area contributed by atoms with E-state index in [1.54, 1.807) is 17.5 Å². The molecule has 0 bridgehead atoms. The number of amides is 1. The Labute approximate surface area is 155 Å². The van der Waals surface area contributed by atoms with Gasteiger partial charge in [0.25, 0.3) is 0 Å². The van der Waals surface area contributed by atoms with Gasteiger partial charge >= 0.3 is 0 Å². The van der Waals surface area contributed by atoms with E-state index >= 15 is 0 Å². The van der Waals surface area contributed by atoms with Crippen molar-refractivity contribution in [1.29, 1.82) is 0 Å². The Balaban J connectivity index is 1.76. The van der Waals surface area contributed by atoms with E-state index in [1.165, 1.54) is 12.5 Å². The Morgan fingerprint density at radius 1 is 1.32 bits per heavy atom. The summed E-state index contributed by atoms with van der Waals surface area (Å²) < 4.78 is 0. The molecule has 0 fully saturated rings. The smallest absolute Gasteiger partial charge is 0.222 e. The van der Waals surface area contributed by atoms with Crippen LogP contribution in [-0.2, 0) is 11.2 Å². The number of carbonyl (C=O) groups excluding carboxylic acids is 1. The van der Waals surface area contributed by atoms with Crippen LogP contribution in [0.4, 0.5) is 5.82 Å². The fourth-order valence-electron chi connectivity index (χ4n) is 2.58. The minimum atomic E-state index is -0.139. The molecule has 0 aliphatic heterocycles. The van der Waals surface area contributed by atoms with Crippen molar-refractivity contribution in [2.24, 2.45) is 0 Å². The second kappa shape index (κ2) is 7.76. The lowest BCUT2D eigenvalue weighted by Gasteiger charge is -2.09. The molecule has 3 rings (SSSR count). The average molecular weight is 372 g/mol. The molecule has 0 saturated carbocycles. The van der Waals surface area contributed by atoms with Gasteiger partial charge < -0.3 is 5.32 Å². The monoisotopic (exact) mass is 371 g/mol. The van der Waals surface area contributed by atoms with Crippen molar-refractivity contribution < 1.29 is 4.79 Å². The normalized spacial score (nSPS) is 12.0. The highest BCUT2D eigenvalue weighted by molar-refractivity contribution is 7.13. The minimum absolute atomic E-state index is 0.139. The predicted octanol–water partition coefficient (Wildman–Crippen LogP) is 5.16. The molecule has 4 nitrogen and oxygen atoms in total. The number of nitrogens with one attached hydrogen (secondary N) is 1. The van der Waals surface area contributed by atoms with Crippen molar-refractivity contribution in [1.82, 2.24) is 9.97 Å². The van der Waals surface area contributed by atoms with Crippen molar-refractivity contribution in [2.75, 3.05) is 5.32 Å². The summed E-state index contributed by atoms with van der Waals surface area (Å²) in [6.07, 6.45) is 2.56. The van der Waals surface area contributed by atoms with Gasteiger partial charge in [0.2, 0.25) is 5.91 Å². The van der Waals surface area contributed by atoms with E-state index in [9.17, 15) is 4.79 Å². The third-order valence-electron chi connectivity index (χ3n) is 3.77. The lowest BCUT2D eigenvalue weighted by Crippen LogP contribution is -2.07. The van der Waals surface area contributed by atoms with Crippen LogP contribution >= 0.6 is 22.9 Å². The molecule has 1 aromatic carbocycles. The van der Waals surface area contributed by atoms with Gasteiger partial charge in [-0.1, -0.05) is 30.7 Å². The second-order valence-corrected chi connectivity index (χ2v) is 7.22. The zero-order valence-electron chi connectivity index (χ0n) is 14.0. The third-order valence-corrected chi connectivity index (χ3v) is 4.91. The Morgan fingerprint density at radius 3 is 2.92 bits per heavy atom. The number of nitrogens with zero attached hydrogens (tertiary/aromatic N) is 2. The maximum Gasteiger partial charge on any atom is 0.222 e. The number of carbonyl (C=O) groups is 1. The summed E-state index contributed by atoms with van der Waals surface area (Å²) in [7, 11) is 0. The quantitative estimate of drug-likeness (QED) is 0.673. The molecule has 6 heteroatoms. The van der Waals surface area contributed by atoms with Crippen LogP contribution < -0.4 is 5.32 Å². The largest absolute Gasteiger partial charge is 0.311 e. The molecule has 2 heterocycles. The molecule has 1 unspecified atom stereocenters. The molecule has 0 spiro atoms. The van der Waals surface area contributed by atoms with Crippen LogP contribution in [0.5, 0.6) is 0 Å². The lowest BCUT2D eigenvalue weighted by atomic mass is 9.99. The van der Waals surface area contributed by atoms with Crippen molar-refractivity contribution in [2.45, 2.75) is 26.2 Å². The predicted molar refractivity (Wildman–Crippen MR) is 103 cm³/mol. The highest BCUT2D eigenvalue weighted by Gasteiger charge is 2.13. The van der Waals surface area contributed by atoms with E-state index in [0.29, 0.717) is 11.7 Å². The molecular formula is C19H18ClN3OS. The van der Waals surface area contributed by atoms with Gasteiger partial charge in [-0.2, -0.15) is 0 Å². The van der Waals surface area contributed by atoms with E-state index in [4.69, 9.17) is 16.6 Å². The molecule has 3 aromatic rings. The minimum Gasteiger partial charge on any atom is -0.311 e. The topological polar surface area (TPSA) is 54.9 Å². The summed E-state index contributed by atoms with van der Waals surface area (Å²) in [5.41, 5.74) is 3.20. The van der Waals surface area contributed by atoms with Crippen LogP contribution in [-0.4, -0.2) is 15.9 Å². The van der Waals surface area contributed by atoms with Crippen molar-refractivity contribution in [3.8, 4) is 10.6 Å². The van der Waals surface area contributed by atoms with Gasteiger partial charge in [0.15, 0.2) is 0 Å². The van der Waals surface area contributed by atoms with Gasteiger partial charge in [-0.25, -0.2) is 9.97 Å². The van der Waals surface area contributed by atoms with Crippen molar-refractivity contribution >= 4 is 34.7 Å². The molecule has 128 valence electrons. The summed E-state index contributed by atoms with van der Waals surface area (Å²) >= 11 is 7.65. The van der Waals surface area contributed by atoms with Crippen LogP contribution in [0.15, 0.2) is 48.0 Å². The van der Waals surface area contributed by atoms with Crippen molar-refractivity contribution in [3.63, 3.8) is 0 Å². The Bertz CT molecular complexity index is 894. The zero-order chi connectivity index (χ0) is 17.8. The van der Waals surface area contributed by atoms with E-state index in [1.807, 2.05) is 30.3 Å². The van der Waals surface area contributed by atoms with Gasteiger partial charge in [-0.15, -0.1) is 11.3 Å². The van der Waals surface area contributed by atoms with E-state index in [0.717, 1.165) is 27.7 Å². The first kappa shape index (κ1) is 17.6. The Hall–Kier alpha value is -2.24. The summed E-state index contributed by atoms with van der Waals surface area (Å²) in [6, 6.07) is 11.7. The number of benzene rings is 1. The standard InChI is InChI=1S/C19H18ClN3OS/c1-12(8-14-4-3-5-16(20)9-14)17-11-25-19(23-17)15-6-7-21-18(10-15)22-13(2)24/h3-7,9-12H,8H2,1-2H3,(H,21,22,24). The number of aromatic nitrogens is 2. The number of hydrogen-bond acceptors (Lipinski definition) is 4. The third kappa shape index (κ3) is 4.65. The van der Waals surface area contributed by atoms with Gasteiger partial charge in [0, 0.05) is 35.0 Å². The maximum absolute atomic E-state index is 11.2. The molecular weight excluding hydrogens is 354 g/mol. The molecule has 0 saturated heterocycles. The molecule has 25 heavy (non-hydrogen) atoms. The zero-order valence-corrected chi connectivity index (χ0v) is 15.6. The van der Waals surface area contributed by atoms with Gasteiger partial charge in [0.1, 0.15) is 10.8 Å². The van der Waals surface area contributed by atoms with E-state index in [-0.39, 0.29) is 5.91 Å². The van der Waals surface area contributed by atoms with Crippen LogP contribution in [0.25, 0.3) is 10.6 Å². The molecule has 1 amide bonds. The number of halogens is 1. The molecule has 0 radical (unpaired) electrons. The number of thiazole rings is 1. The first-order valence-electron chi connectivity index (χ1n) is 7.95. The molecule has 0 aliphatic rings. The van der Waals surface area contributed by atoms with Crippen LogP contribution in [0, 0.1) is 0 Å². The number of hydrogen-bond donors (Lipinski definition) is 1. The fraction of sp³-hybridized carbons (Fsp3) is 0.211. The van der Waals surface area contributed by atoms with Crippen molar-refractivity contribution in [3.05, 3.63) is 64.3 Å². The highest BCUT2D eigenvalue weighted by atomic mass is 35.5. The molecule has 2 aromatic heterocycles. The number of rotatable bonds is 5. The summed E-state index contributed by atoms with van der Waals surface area (Å²) in [5.74, 6) is 0.688. The first-order chi connectivity index (χ1) is 12.0. The lowest BCUT2D eigenvalue weighted by molar-refractivity contribution is -0.114. The first-order valence-corrected chi connectivity index (χ1v) is 9.21. The second-order valence-electron chi connectivity index (χ2n) is 5.92. The summed E-state index contributed by atoms with van der Waals surface area (Å²) in [5, 5.41) is 6.46. The Morgan fingerprint density at radius 2 is 2.16 bits per heavy atom. The number of anilines is 1. The fourth-order valence-corrected chi connectivity index (χ4v) is 3.73. The maximum atomic E-state index is 11.2. The average Bonchev–Trinajstić information content (AvgIpc) is 3.04. The Kier molecular flexibility index (Phi) is 5.46. The summed E-state index contributed by atoms with van der Waals surface area (Å²) in [4.78, 5) is 20.1. The molecule has 0 aliphatic carbocycles. The van der Waals surface area contributed by atoms with Crippen LogP contribution in [0.1, 0.15) is 31.0 Å². The number of pyridine rings is 1. The van der Waals surface area contributed by atoms with Gasteiger partial charge in [-0.05, 0) is 36.2 Å².